The number of azo groups is 1. The molecule has 6 heteroatoms. The van der Waals surface area contributed by atoms with Crippen molar-refractivity contribution in [2.24, 2.45) is 10.2 Å². The first kappa shape index (κ1) is 15.3. The lowest BCUT2D eigenvalue weighted by molar-refractivity contribution is -0.384. The van der Waals surface area contributed by atoms with Gasteiger partial charge in [-0.25, -0.2) is 0 Å². The van der Waals surface area contributed by atoms with Crippen LogP contribution in [0.5, 0.6) is 0 Å². The number of allylic oxidation sites excluding steroid dienone is 1. The molecule has 0 amide bonds. The summed E-state index contributed by atoms with van der Waals surface area (Å²) in [6.45, 7) is 5.40. The van der Waals surface area contributed by atoms with E-state index < -0.39 is 9.92 Å². The van der Waals surface area contributed by atoms with Gasteiger partial charge in [0.25, 0.3) is 5.69 Å². The average molecular weight is 282 g/mol. The van der Waals surface area contributed by atoms with Gasteiger partial charge in [0, 0.05) is 12.1 Å². The number of alkyl halides is 1. The summed E-state index contributed by atoms with van der Waals surface area (Å²) in [5.74, 6) is 0. The molecule has 0 bridgehead atoms. The molecule has 0 fully saturated rings. The summed E-state index contributed by atoms with van der Waals surface area (Å²) in [7, 11) is 0. The molecule has 1 atom stereocenters. The minimum atomic E-state index is -0.798. The van der Waals surface area contributed by atoms with Crippen LogP contribution in [-0.4, -0.2) is 9.92 Å². The van der Waals surface area contributed by atoms with E-state index in [0.717, 1.165) is 12.8 Å². The van der Waals surface area contributed by atoms with Crippen molar-refractivity contribution in [2.45, 2.75) is 31.2 Å². The van der Waals surface area contributed by atoms with E-state index in [-0.39, 0.29) is 5.69 Å². The fraction of sp³-hybridized carbons (Fsp3) is 0.385. The molecule has 0 aliphatic heterocycles. The highest BCUT2D eigenvalue weighted by atomic mass is 35.5. The highest BCUT2D eigenvalue weighted by molar-refractivity contribution is 6.23. The van der Waals surface area contributed by atoms with Gasteiger partial charge in [-0.15, -0.1) is 6.58 Å². The lowest BCUT2D eigenvalue weighted by Crippen LogP contribution is -2.11. The number of hydrogen-bond acceptors (Lipinski definition) is 4. The largest absolute Gasteiger partial charge is 0.271 e. The Morgan fingerprint density at radius 1 is 1.58 bits per heavy atom. The summed E-state index contributed by atoms with van der Waals surface area (Å²) in [5.41, 5.74) is 0.407. The molecule has 0 heterocycles. The molecule has 0 aliphatic carbocycles. The first-order valence-electron chi connectivity index (χ1n) is 5.92. The Bertz CT molecular complexity index is 487. The van der Waals surface area contributed by atoms with Crippen LogP contribution in [0.15, 0.2) is 47.1 Å². The quantitative estimate of drug-likeness (QED) is 0.134. The maximum atomic E-state index is 10.6. The van der Waals surface area contributed by atoms with Gasteiger partial charge >= 0.3 is 0 Å². The molecule has 1 aromatic carbocycles. The van der Waals surface area contributed by atoms with E-state index in [4.69, 9.17) is 11.6 Å². The Balaban J connectivity index is 2.71. The van der Waals surface area contributed by atoms with Crippen molar-refractivity contribution in [1.29, 1.82) is 0 Å². The minimum absolute atomic E-state index is 0.0145. The fourth-order valence-electron chi connectivity index (χ4n) is 1.45. The monoisotopic (exact) mass is 281 g/mol. The number of hydrogen-bond donors (Lipinski definition) is 0. The number of rotatable bonds is 7. The van der Waals surface area contributed by atoms with Crippen LogP contribution in [0.25, 0.3) is 0 Å². The third-order valence-electron chi connectivity index (χ3n) is 2.46. The number of non-ortho nitro benzene ring substituents is 1. The van der Waals surface area contributed by atoms with Gasteiger partial charge in [0.15, 0.2) is 5.00 Å². The van der Waals surface area contributed by atoms with Crippen LogP contribution in [0.1, 0.15) is 26.2 Å². The summed E-state index contributed by atoms with van der Waals surface area (Å²) < 4.78 is 0. The second-order valence-electron chi connectivity index (χ2n) is 4.30. The summed E-state index contributed by atoms with van der Waals surface area (Å²) in [6, 6.07) is 5.98. The van der Waals surface area contributed by atoms with Crippen molar-refractivity contribution in [3.63, 3.8) is 0 Å². The first-order chi connectivity index (χ1) is 8.94. The summed E-state index contributed by atoms with van der Waals surface area (Å²) in [4.78, 5) is 9.36. The van der Waals surface area contributed by atoms with Crippen molar-refractivity contribution >= 4 is 23.0 Å². The first-order valence-corrected chi connectivity index (χ1v) is 6.29. The van der Waals surface area contributed by atoms with Crippen molar-refractivity contribution in [3.05, 3.63) is 47.0 Å². The summed E-state index contributed by atoms with van der Waals surface area (Å²) >= 11 is 6.20. The number of nitrogens with zero attached hydrogens (tertiary/aromatic N) is 3. The fourth-order valence-corrected chi connectivity index (χ4v) is 1.62. The van der Waals surface area contributed by atoms with Gasteiger partial charge < -0.3 is 0 Å². The number of nitro benzene ring substituents is 1. The third kappa shape index (κ3) is 5.61. The zero-order chi connectivity index (χ0) is 14.3. The molecule has 1 aromatic rings. The summed E-state index contributed by atoms with van der Waals surface area (Å²) in [5, 5.41) is 18.6. The molecule has 0 aliphatic rings. The maximum absolute atomic E-state index is 10.6. The van der Waals surface area contributed by atoms with Gasteiger partial charge in [-0.2, -0.15) is 10.2 Å². The Hall–Kier alpha value is -1.75. The van der Waals surface area contributed by atoms with E-state index in [2.05, 4.69) is 16.8 Å². The molecular weight excluding hydrogens is 266 g/mol. The molecule has 1 rings (SSSR count). The lowest BCUT2D eigenvalue weighted by Gasteiger charge is -2.14. The highest BCUT2D eigenvalue weighted by Crippen LogP contribution is 2.27. The van der Waals surface area contributed by atoms with E-state index in [1.54, 1.807) is 19.1 Å². The lowest BCUT2D eigenvalue weighted by atomic mass is 10.1. The van der Waals surface area contributed by atoms with E-state index >= 15 is 0 Å². The van der Waals surface area contributed by atoms with Gasteiger partial charge in [0.05, 0.1) is 10.6 Å². The van der Waals surface area contributed by atoms with Crippen LogP contribution in [0.2, 0.25) is 0 Å². The predicted molar refractivity (Wildman–Crippen MR) is 75.9 cm³/mol. The van der Waals surface area contributed by atoms with Crippen molar-refractivity contribution in [3.8, 4) is 0 Å². The SMILES string of the molecule is C=CCCCC(C)(Cl)N=Nc1cccc([N+](=O)[O-])c1. The second kappa shape index (κ2) is 6.99. The van der Waals surface area contributed by atoms with Gasteiger partial charge in [-0.05, 0) is 32.3 Å². The Labute approximate surface area is 117 Å². The van der Waals surface area contributed by atoms with Crippen LogP contribution < -0.4 is 0 Å². The standard InChI is InChI=1S/C13H16ClN3O2/c1-3-4-5-9-13(2,14)16-15-11-7-6-8-12(10-11)17(18)19/h3,6-8,10H,1,4-5,9H2,2H3. The highest BCUT2D eigenvalue weighted by Gasteiger charge is 2.18. The number of unbranched alkanes of at least 4 members (excludes halogenated alkanes) is 1. The number of halogens is 1. The zero-order valence-corrected chi connectivity index (χ0v) is 11.5. The van der Waals surface area contributed by atoms with Crippen LogP contribution in [-0.2, 0) is 0 Å². The number of nitro groups is 1. The van der Waals surface area contributed by atoms with Crippen LogP contribution in [0.4, 0.5) is 11.4 Å². The number of benzene rings is 1. The molecule has 0 saturated carbocycles. The van der Waals surface area contributed by atoms with Crippen LogP contribution in [0, 0.1) is 10.1 Å². The van der Waals surface area contributed by atoms with Crippen molar-refractivity contribution in [2.75, 3.05) is 0 Å². The van der Waals surface area contributed by atoms with Crippen molar-refractivity contribution in [1.82, 2.24) is 0 Å². The average Bonchev–Trinajstić information content (AvgIpc) is 2.37. The van der Waals surface area contributed by atoms with E-state index in [9.17, 15) is 10.1 Å². The molecular formula is C13H16ClN3O2. The minimum Gasteiger partial charge on any atom is -0.258 e. The molecule has 19 heavy (non-hydrogen) atoms. The predicted octanol–water partition coefficient (Wildman–Crippen LogP) is 4.99. The Kier molecular flexibility index (Phi) is 5.63. The molecule has 0 saturated heterocycles. The molecule has 102 valence electrons. The maximum Gasteiger partial charge on any atom is 0.271 e. The van der Waals surface area contributed by atoms with E-state index in [1.165, 1.54) is 12.1 Å². The topological polar surface area (TPSA) is 67.9 Å². The molecule has 5 nitrogen and oxygen atoms in total. The molecule has 0 spiro atoms. The zero-order valence-electron chi connectivity index (χ0n) is 10.8. The molecule has 1 unspecified atom stereocenters. The summed E-state index contributed by atoms with van der Waals surface area (Å²) in [6.07, 6.45) is 4.23. The smallest absolute Gasteiger partial charge is 0.258 e. The van der Waals surface area contributed by atoms with Gasteiger partial charge in [-0.3, -0.25) is 10.1 Å². The van der Waals surface area contributed by atoms with Gasteiger partial charge in [0.2, 0.25) is 0 Å². The van der Waals surface area contributed by atoms with Crippen molar-refractivity contribution < 1.29 is 4.92 Å². The van der Waals surface area contributed by atoms with Crippen LogP contribution >= 0.6 is 11.6 Å². The molecule has 0 radical (unpaired) electrons. The van der Waals surface area contributed by atoms with Gasteiger partial charge in [-0.1, -0.05) is 23.7 Å². The second-order valence-corrected chi connectivity index (χ2v) is 5.11. The van der Waals surface area contributed by atoms with Gasteiger partial charge in [0.1, 0.15) is 0 Å². The van der Waals surface area contributed by atoms with E-state index in [0.29, 0.717) is 12.1 Å². The Morgan fingerprint density at radius 2 is 2.32 bits per heavy atom. The molecule has 0 N–H and O–H groups in total. The Morgan fingerprint density at radius 3 is 2.95 bits per heavy atom. The molecule has 0 aromatic heterocycles. The third-order valence-corrected chi connectivity index (χ3v) is 2.72. The van der Waals surface area contributed by atoms with Crippen LogP contribution in [0.3, 0.4) is 0 Å². The van der Waals surface area contributed by atoms with E-state index in [1.807, 2.05) is 6.08 Å². The normalized spacial score (nSPS) is 14.2.